The first-order chi connectivity index (χ1) is 10.3. The van der Waals surface area contributed by atoms with Gasteiger partial charge in [0.1, 0.15) is 6.10 Å². The zero-order valence-electron chi connectivity index (χ0n) is 12.8. The molecule has 1 rings (SSSR count). The molecule has 0 fully saturated rings. The van der Waals surface area contributed by atoms with Crippen LogP contribution in [0.4, 0.5) is 17.6 Å². The number of nitrogens with one attached hydrogen (secondary N) is 2. The third-order valence-electron chi connectivity index (χ3n) is 2.65. The van der Waals surface area contributed by atoms with Crippen LogP contribution in [0.2, 0.25) is 0 Å². The van der Waals surface area contributed by atoms with Crippen LogP contribution in [-0.4, -0.2) is 38.4 Å². The fourth-order valence-corrected chi connectivity index (χ4v) is 1.58. The Labute approximate surface area is 149 Å². The molecule has 1 unspecified atom stereocenters. The number of hydrogen-bond acceptors (Lipinski definition) is 2. The van der Waals surface area contributed by atoms with Gasteiger partial charge in [0.2, 0.25) is 0 Å². The van der Waals surface area contributed by atoms with Gasteiger partial charge in [0.25, 0.3) is 0 Å². The summed E-state index contributed by atoms with van der Waals surface area (Å²) < 4.78 is 54.9. The number of hydrogen-bond donors (Lipinski definition) is 2. The van der Waals surface area contributed by atoms with Gasteiger partial charge in [-0.15, -0.1) is 24.0 Å². The van der Waals surface area contributed by atoms with E-state index in [1.165, 1.54) is 19.2 Å². The Morgan fingerprint density at radius 2 is 1.91 bits per heavy atom. The maximum absolute atomic E-state index is 13.4. The van der Waals surface area contributed by atoms with Gasteiger partial charge in [-0.25, -0.2) is 4.39 Å². The summed E-state index contributed by atoms with van der Waals surface area (Å²) in [6.45, 7) is 1.70. The normalized spacial score (nSPS) is 13.0. The second-order valence-electron chi connectivity index (χ2n) is 4.60. The van der Waals surface area contributed by atoms with E-state index in [1.54, 1.807) is 19.1 Å². The van der Waals surface area contributed by atoms with Crippen LogP contribution in [0.3, 0.4) is 0 Å². The van der Waals surface area contributed by atoms with Crippen molar-refractivity contribution < 1.29 is 22.3 Å². The van der Waals surface area contributed by atoms with Gasteiger partial charge in [-0.1, -0.05) is 12.1 Å². The van der Waals surface area contributed by atoms with E-state index in [0.29, 0.717) is 0 Å². The standard InChI is InChI=1S/C14H19F4N3O.HI/c1-10(22-12-6-4-3-5-11(12)15)9-21-13(19-2)20-8-7-14(16,17)18;/h3-6,10H,7-9H2,1-2H3,(H2,19,20,21);1H. The average molecular weight is 449 g/mol. The van der Waals surface area contributed by atoms with E-state index in [2.05, 4.69) is 15.6 Å². The van der Waals surface area contributed by atoms with Crippen molar-refractivity contribution in [3.05, 3.63) is 30.1 Å². The molecule has 0 aliphatic heterocycles. The molecule has 1 atom stereocenters. The van der Waals surface area contributed by atoms with E-state index in [0.717, 1.165) is 0 Å². The first-order valence-electron chi connectivity index (χ1n) is 6.74. The summed E-state index contributed by atoms with van der Waals surface area (Å²) in [6, 6.07) is 5.99. The van der Waals surface area contributed by atoms with Crippen LogP contribution < -0.4 is 15.4 Å². The second-order valence-corrected chi connectivity index (χ2v) is 4.60. The molecular weight excluding hydrogens is 429 g/mol. The molecule has 4 nitrogen and oxygen atoms in total. The van der Waals surface area contributed by atoms with Gasteiger partial charge in [-0.3, -0.25) is 4.99 Å². The highest BCUT2D eigenvalue weighted by molar-refractivity contribution is 14.0. The van der Waals surface area contributed by atoms with Crippen LogP contribution in [0.5, 0.6) is 5.75 Å². The van der Waals surface area contributed by atoms with Crippen LogP contribution >= 0.6 is 24.0 Å². The van der Waals surface area contributed by atoms with Gasteiger partial charge < -0.3 is 15.4 Å². The van der Waals surface area contributed by atoms with Crippen LogP contribution in [-0.2, 0) is 0 Å². The number of guanidine groups is 1. The first kappa shape index (κ1) is 21.7. The SMILES string of the molecule is CN=C(NCCC(F)(F)F)NCC(C)Oc1ccccc1F.I. The number of aliphatic imine (C=N–C) groups is 1. The van der Waals surface area contributed by atoms with Gasteiger partial charge in [0.15, 0.2) is 17.5 Å². The molecule has 9 heteroatoms. The van der Waals surface area contributed by atoms with Gasteiger partial charge in [0, 0.05) is 13.6 Å². The summed E-state index contributed by atoms with van der Waals surface area (Å²) in [6.07, 6.45) is -5.56. The number of alkyl halides is 3. The largest absolute Gasteiger partial charge is 0.486 e. The summed E-state index contributed by atoms with van der Waals surface area (Å²) in [5.41, 5.74) is 0. The van der Waals surface area contributed by atoms with Gasteiger partial charge in [-0.2, -0.15) is 13.2 Å². The van der Waals surface area contributed by atoms with Crippen LogP contribution in [0.25, 0.3) is 0 Å². The van der Waals surface area contributed by atoms with Crippen molar-refractivity contribution in [2.24, 2.45) is 4.99 Å². The molecule has 0 saturated carbocycles. The van der Waals surface area contributed by atoms with Crippen molar-refractivity contribution in [1.29, 1.82) is 0 Å². The number of nitrogens with zero attached hydrogens (tertiary/aromatic N) is 1. The molecule has 0 spiro atoms. The third kappa shape index (κ3) is 9.47. The van der Waals surface area contributed by atoms with Crippen molar-refractivity contribution in [2.75, 3.05) is 20.1 Å². The molecule has 0 heterocycles. The Morgan fingerprint density at radius 1 is 1.26 bits per heavy atom. The van der Waals surface area contributed by atoms with Crippen LogP contribution in [0.1, 0.15) is 13.3 Å². The monoisotopic (exact) mass is 449 g/mol. The minimum atomic E-state index is -4.22. The summed E-state index contributed by atoms with van der Waals surface area (Å²) in [5, 5.41) is 5.37. The first-order valence-corrected chi connectivity index (χ1v) is 6.74. The molecule has 23 heavy (non-hydrogen) atoms. The smallest absolute Gasteiger partial charge is 0.390 e. The van der Waals surface area contributed by atoms with Crippen molar-refractivity contribution in [2.45, 2.75) is 25.6 Å². The maximum Gasteiger partial charge on any atom is 0.390 e. The summed E-state index contributed by atoms with van der Waals surface area (Å²) in [5.74, 6) is -0.118. The average Bonchev–Trinajstić information content (AvgIpc) is 2.44. The molecule has 2 N–H and O–H groups in total. The van der Waals surface area contributed by atoms with E-state index in [-0.39, 0.29) is 48.8 Å². The Hall–Kier alpha value is -1.26. The Bertz CT molecular complexity index is 497. The summed E-state index contributed by atoms with van der Waals surface area (Å²) in [4.78, 5) is 3.80. The topological polar surface area (TPSA) is 45.7 Å². The summed E-state index contributed by atoms with van der Waals surface area (Å²) >= 11 is 0. The van der Waals surface area contributed by atoms with E-state index in [4.69, 9.17) is 4.74 Å². The van der Waals surface area contributed by atoms with E-state index in [1.807, 2.05) is 0 Å². The predicted octanol–water partition coefficient (Wildman–Crippen LogP) is 3.33. The molecule has 0 aliphatic carbocycles. The Balaban J connectivity index is 0.00000484. The zero-order chi connectivity index (χ0) is 16.6. The van der Waals surface area contributed by atoms with Crippen molar-refractivity contribution in [1.82, 2.24) is 10.6 Å². The Morgan fingerprint density at radius 3 is 2.48 bits per heavy atom. The van der Waals surface area contributed by atoms with Gasteiger partial charge in [0.05, 0.1) is 13.0 Å². The number of para-hydroxylation sites is 1. The second kappa shape index (κ2) is 10.5. The highest BCUT2D eigenvalue weighted by Crippen LogP contribution is 2.18. The fourth-order valence-electron chi connectivity index (χ4n) is 1.58. The molecule has 0 bridgehead atoms. The lowest BCUT2D eigenvalue weighted by Gasteiger charge is -2.18. The number of halogens is 5. The molecular formula is C14H20F4IN3O. The van der Waals surface area contributed by atoms with E-state index >= 15 is 0 Å². The summed E-state index contributed by atoms with van der Waals surface area (Å²) in [7, 11) is 1.45. The lowest BCUT2D eigenvalue weighted by atomic mass is 10.3. The van der Waals surface area contributed by atoms with E-state index < -0.39 is 24.5 Å². The molecule has 1 aromatic carbocycles. The van der Waals surface area contributed by atoms with E-state index in [9.17, 15) is 17.6 Å². The maximum atomic E-state index is 13.4. The quantitative estimate of drug-likeness (QED) is 0.303. The Kier molecular flexibility index (Phi) is 9.93. The van der Waals surface area contributed by atoms with Gasteiger partial charge >= 0.3 is 6.18 Å². The minimum absolute atomic E-state index is 0. The number of benzene rings is 1. The highest BCUT2D eigenvalue weighted by Gasteiger charge is 2.26. The lowest BCUT2D eigenvalue weighted by molar-refractivity contribution is -0.132. The van der Waals surface area contributed by atoms with Crippen molar-refractivity contribution in [3.63, 3.8) is 0 Å². The lowest BCUT2D eigenvalue weighted by Crippen LogP contribution is -2.42. The van der Waals surface area contributed by atoms with Crippen molar-refractivity contribution in [3.8, 4) is 5.75 Å². The molecule has 0 aliphatic rings. The molecule has 0 saturated heterocycles. The van der Waals surface area contributed by atoms with Crippen molar-refractivity contribution >= 4 is 29.9 Å². The predicted molar refractivity (Wildman–Crippen MR) is 91.9 cm³/mol. The molecule has 132 valence electrons. The molecule has 1 aromatic rings. The molecule has 0 amide bonds. The van der Waals surface area contributed by atoms with Crippen LogP contribution in [0.15, 0.2) is 29.3 Å². The molecule has 0 aromatic heterocycles. The van der Waals surface area contributed by atoms with Crippen LogP contribution in [0, 0.1) is 5.82 Å². The zero-order valence-corrected chi connectivity index (χ0v) is 15.1. The third-order valence-corrected chi connectivity index (χ3v) is 2.65. The van der Waals surface area contributed by atoms with Gasteiger partial charge in [-0.05, 0) is 19.1 Å². The minimum Gasteiger partial charge on any atom is -0.486 e. The fraction of sp³-hybridized carbons (Fsp3) is 0.500. The number of rotatable bonds is 6. The number of ether oxygens (including phenoxy) is 1. The highest BCUT2D eigenvalue weighted by atomic mass is 127. The molecule has 0 radical (unpaired) electrons.